The zero-order valence-corrected chi connectivity index (χ0v) is 24.6. The molecule has 0 spiro atoms. The van der Waals surface area contributed by atoms with E-state index < -0.39 is 0 Å². The third-order valence-corrected chi connectivity index (χ3v) is 8.54. The molecule has 212 valence electrons. The summed E-state index contributed by atoms with van der Waals surface area (Å²) in [5, 5.41) is 4.61. The average Bonchev–Trinajstić information content (AvgIpc) is 3.01. The molecular weight excluding hydrogens is 544 g/mol. The van der Waals surface area contributed by atoms with Crippen molar-refractivity contribution in [1.29, 1.82) is 0 Å². The number of hydrogen-bond donors (Lipinski definition) is 1. The average molecular weight is 581 g/mol. The number of thioether (sulfide) groups is 1. The Bertz CT molecular complexity index is 1260. The Labute approximate surface area is 246 Å². The number of carbonyl (C=O) groups excluding carboxylic acids is 1. The molecule has 3 heterocycles. The van der Waals surface area contributed by atoms with Crippen LogP contribution in [0.2, 0.25) is 5.02 Å². The van der Waals surface area contributed by atoms with E-state index in [1.807, 2.05) is 42.5 Å². The summed E-state index contributed by atoms with van der Waals surface area (Å²) in [5.41, 5.74) is 3.95. The van der Waals surface area contributed by atoms with E-state index in [2.05, 4.69) is 39.1 Å². The van der Waals surface area contributed by atoms with Gasteiger partial charge in [0.1, 0.15) is 5.82 Å². The van der Waals surface area contributed by atoms with E-state index in [9.17, 15) is 4.79 Å². The van der Waals surface area contributed by atoms with Gasteiger partial charge < -0.3 is 19.9 Å². The maximum absolute atomic E-state index is 12.6. The minimum absolute atomic E-state index is 0.0364. The third-order valence-electron chi connectivity index (χ3n) is 7.31. The van der Waals surface area contributed by atoms with Gasteiger partial charge >= 0.3 is 0 Å². The molecule has 0 saturated carbocycles. The molecule has 1 N–H and O–H groups in total. The lowest BCUT2D eigenvalue weighted by atomic mass is 10.1. The number of nitrogens with zero attached hydrogens (tertiary/aromatic N) is 5. The van der Waals surface area contributed by atoms with Crippen molar-refractivity contribution in [3.8, 4) is 0 Å². The second-order valence-corrected chi connectivity index (χ2v) is 11.3. The number of ether oxygens (including phenoxy) is 1. The molecule has 2 aromatic carbocycles. The standard InChI is InChI=1S/C30H37ClN6O2S/c1-2-25-21-28(37-15-13-36(14-16-37)27-6-4-3-5-26(27)31)34-30(33-25)40-22-23-7-9-24(10-8-23)29(38)32-11-12-35-17-19-39-20-18-35/h3-10,21H,2,11-20,22H2,1H3,(H,32,38). The molecule has 0 bridgehead atoms. The highest BCUT2D eigenvalue weighted by Crippen LogP contribution is 2.28. The van der Waals surface area contributed by atoms with Crippen LogP contribution in [0.1, 0.15) is 28.5 Å². The highest BCUT2D eigenvalue weighted by Gasteiger charge is 2.21. The van der Waals surface area contributed by atoms with Gasteiger partial charge in [0.05, 0.1) is 23.9 Å². The number of aromatic nitrogens is 2. The van der Waals surface area contributed by atoms with E-state index >= 15 is 0 Å². The summed E-state index contributed by atoms with van der Waals surface area (Å²) in [4.78, 5) is 29.2. The van der Waals surface area contributed by atoms with Gasteiger partial charge in [-0.25, -0.2) is 9.97 Å². The predicted octanol–water partition coefficient (Wildman–Crippen LogP) is 4.37. The van der Waals surface area contributed by atoms with Gasteiger partial charge in [0.25, 0.3) is 5.91 Å². The number of para-hydroxylation sites is 1. The first-order chi connectivity index (χ1) is 19.6. The maximum atomic E-state index is 12.6. The van der Waals surface area contributed by atoms with Gasteiger partial charge in [0.2, 0.25) is 0 Å². The minimum atomic E-state index is -0.0364. The lowest BCUT2D eigenvalue weighted by Gasteiger charge is -2.37. The Kier molecular flexibility index (Phi) is 10.2. The van der Waals surface area contributed by atoms with Crippen molar-refractivity contribution < 1.29 is 9.53 Å². The SMILES string of the molecule is CCc1cc(N2CCN(c3ccccc3Cl)CC2)nc(SCc2ccc(C(=O)NCCN3CCOCC3)cc2)n1. The number of nitrogens with one attached hydrogen (secondary N) is 1. The smallest absolute Gasteiger partial charge is 0.251 e. The van der Waals surface area contributed by atoms with Crippen LogP contribution in [-0.4, -0.2) is 86.3 Å². The quantitative estimate of drug-likeness (QED) is 0.280. The number of carbonyl (C=O) groups is 1. The monoisotopic (exact) mass is 580 g/mol. The van der Waals surface area contributed by atoms with Crippen molar-refractivity contribution in [2.45, 2.75) is 24.3 Å². The molecule has 0 unspecified atom stereocenters. The number of morpholine rings is 1. The first-order valence-corrected chi connectivity index (χ1v) is 15.4. The summed E-state index contributed by atoms with van der Waals surface area (Å²) in [5.74, 6) is 1.69. The Morgan fingerprint density at radius 3 is 2.42 bits per heavy atom. The van der Waals surface area contributed by atoms with Crippen LogP contribution in [0.3, 0.4) is 0 Å². The van der Waals surface area contributed by atoms with E-state index in [1.54, 1.807) is 11.8 Å². The highest BCUT2D eigenvalue weighted by molar-refractivity contribution is 7.98. The molecule has 2 fully saturated rings. The fourth-order valence-corrected chi connectivity index (χ4v) is 5.99. The molecule has 5 rings (SSSR count). The molecule has 40 heavy (non-hydrogen) atoms. The van der Waals surface area contributed by atoms with Crippen LogP contribution < -0.4 is 15.1 Å². The zero-order valence-electron chi connectivity index (χ0n) is 23.0. The first kappa shape index (κ1) is 28.7. The zero-order chi connectivity index (χ0) is 27.7. The summed E-state index contributed by atoms with van der Waals surface area (Å²) in [6.07, 6.45) is 0.859. The maximum Gasteiger partial charge on any atom is 0.251 e. The van der Waals surface area contributed by atoms with Crippen LogP contribution in [0.25, 0.3) is 0 Å². The molecular formula is C30H37ClN6O2S. The van der Waals surface area contributed by atoms with Gasteiger partial charge in [-0.1, -0.05) is 54.6 Å². The second kappa shape index (κ2) is 14.2. The van der Waals surface area contributed by atoms with Crippen molar-refractivity contribution in [3.05, 3.63) is 76.4 Å². The fraction of sp³-hybridized carbons (Fsp3) is 0.433. The molecule has 2 saturated heterocycles. The van der Waals surface area contributed by atoms with Gasteiger partial charge in [-0.2, -0.15) is 0 Å². The van der Waals surface area contributed by atoms with Crippen LogP contribution in [0.15, 0.2) is 59.8 Å². The predicted molar refractivity (Wildman–Crippen MR) is 163 cm³/mol. The van der Waals surface area contributed by atoms with Gasteiger partial charge in [0.15, 0.2) is 5.16 Å². The summed E-state index contributed by atoms with van der Waals surface area (Å²) in [6.45, 7) is 10.5. The second-order valence-electron chi connectivity index (χ2n) is 9.97. The van der Waals surface area contributed by atoms with Gasteiger partial charge in [-0.15, -0.1) is 0 Å². The molecule has 0 aliphatic carbocycles. The molecule has 0 radical (unpaired) electrons. The van der Waals surface area contributed by atoms with Crippen molar-refractivity contribution >= 4 is 40.8 Å². The number of aryl methyl sites for hydroxylation is 1. The normalized spacial score (nSPS) is 16.2. The molecule has 10 heteroatoms. The number of amides is 1. The van der Waals surface area contributed by atoms with E-state index in [0.717, 1.165) is 104 Å². The number of anilines is 2. The van der Waals surface area contributed by atoms with Crippen molar-refractivity contribution in [2.75, 3.05) is 75.4 Å². The molecule has 8 nitrogen and oxygen atoms in total. The van der Waals surface area contributed by atoms with Crippen LogP contribution >= 0.6 is 23.4 Å². The van der Waals surface area contributed by atoms with E-state index in [-0.39, 0.29) is 5.91 Å². The molecule has 2 aliphatic heterocycles. The van der Waals surface area contributed by atoms with Crippen LogP contribution in [0.4, 0.5) is 11.5 Å². The van der Waals surface area contributed by atoms with Gasteiger partial charge in [0, 0.05) is 75.4 Å². The Morgan fingerprint density at radius 1 is 0.975 bits per heavy atom. The van der Waals surface area contributed by atoms with Gasteiger partial charge in [-0.05, 0) is 36.2 Å². The molecule has 0 atom stereocenters. The molecule has 3 aromatic rings. The van der Waals surface area contributed by atoms with E-state index in [1.165, 1.54) is 0 Å². The summed E-state index contributed by atoms with van der Waals surface area (Å²) in [7, 11) is 0. The number of halogens is 1. The number of rotatable bonds is 10. The van der Waals surface area contributed by atoms with Crippen LogP contribution in [0.5, 0.6) is 0 Å². The van der Waals surface area contributed by atoms with E-state index in [4.69, 9.17) is 26.3 Å². The highest BCUT2D eigenvalue weighted by atomic mass is 35.5. The van der Waals surface area contributed by atoms with Crippen molar-refractivity contribution in [1.82, 2.24) is 20.2 Å². The minimum Gasteiger partial charge on any atom is -0.379 e. The fourth-order valence-electron chi connectivity index (χ4n) is 4.91. The van der Waals surface area contributed by atoms with Crippen LogP contribution in [0, 0.1) is 0 Å². The lowest BCUT2D eigenvalue weighted by molar-refractivity contribution is 0.0383. The molecule has 2 aliphatic rings. The summed E-state index contributed by atoms with van der Waals surface area (Å²) in [6, 6.07) is 18.0. The largest absolute Gasteiger partial charge is 0.379 e. The Morgan fingerprint density at radius 2 is 1.70 bits per heavy atom. The third kappa shape index (κ3) is 7.66. The Balaban J connectivity index is 1.13. The topological polar surface area (TPSA) is 73.8 Å². The van der Waals surface area contributed by atoms with E-state index in [0.29, 0.717) is 12.1 Å². The Hall–Kier alpha value is -2.85. The van der Waals surface area contributed by atoms with Crippen LogP contribution in [-0.2, 0) is 16.9 Å². The molecule has 1 aromatic heterocycles. The van der Waals surface area contributed by atoms with Crippen molar-refractivity contribution in [3.63, 3.8) is 0 Å². The first-order valence-electron chi connectivity index (χ1n) is 14.0. The van der Waals surface area contributed by atoms with Crippen molar-refractivity contribution in [2.24, 2.45) is 0 Å². The lowest BCUT2D eigenvalue weighted by Crippen LogP contribution is -2.47. The number of piperazine rings is 1. The summed E-state index contributed by atoms with van der Waals surface area (Å²) < 4.78 is 5.38. The molecule has 1 amide bonds. The summed E-state index contributed by atoms with van der Waals surface area (Å²) >= 11 is 8.06. The number of benzene rings is 2. The number of hydrogen-bond acceptors (Lipinski definition) is 8. The van der Waals surface area contributed by atoms with Gasteiger partial charge in [-0.3, -0.25) is 9.69 Å².